The number of rotatable bonds is 4. The van der Waals surface area contributed by atoms with E-state index in [9.17, 15) is 23.9 Å². The van der Waals surface area contributed by atoms with Crippen LogP contribution in [0.3, 0.4) is 0 Å². The van der Waals surface area contributed by atoms with Crippen LogP contribution in [-0.2, 0) is 23.8 Å². The Hall–Kier alpha value is -3.33. The summed E-state index contributed by atoms with van der Waals surface area (Å²) in [7, 11) is -10.5. The quantitative estimate of drug-likeness (QED) is 0.164. The van der Waals surface area contributed by atoms with E-state index in [0.29, 0.717) is 22.3 Å². The molecular weight excluding hydrogens is 534 g/mol. The second-order valence-electron chi connectivity index (χ2n) is 7.19. The molecule has 0 aromatic heterocycles. The van der Waals surface area contributed by atoms with Crippen molar-refractivity contribution in [2.75, 3.05) is 0 Å². The van der Waals surface area contributed by atoms with Crippen LogP contribution < -0.4 is 33.9 Å². The number of phosphoric ester groups is 1. The zero-order valence-electron chi connectivity index (χ0n) is 19.1. The Labute approximate surface area is 210 Å². The van der Waals surface area contributed by atoms with Gasteiger partial charge >= 0.3 is 21.6 Å². The molecule has 0 amide bonds. The van der Waals surface area contributed by atoms with Gasteiger partial charge in [0.1, 0.15) is 23.0 Å². The Balaban J connectivity index is 0.00000171. The molecule has 2 aliphatic heterocycles. The van der Waals surface area contributed by atoms with Crippen molar-refractivity contribution in [1.82, 2.24) is 24.6 Å². The van der Waals surface area contributed by atoms with Crippen molar-refractivity contribution < 1.29 is 52.0 Å². The summed E-state index contributed by atoms with van der Waals surface area (Å²) in [5.41, 5.74) is 0.221. The van der Waals surface area contributed by atoms with Crippen molar-refractivity contribution >= 4 is 21.6 Å². The maximum absolute atomic E-state index is 12.7. The summed E-state index contributed by atoms with van der Waals surface area (Å²) in [6.45, 7) is 0. The zero-order valence-corrected chi connectivity index (χ0v) is 20.9. The van der Waals surface area contributed by atoms with Crippen molar-refractivity contribution in [3.8, 4) is 23.0 Å². The number of phenolic OH excluding ortho intramolecular Hbond substituents is 1. The van der Waals surface area contributed by atoms with Crippen LogP contribution in [0.1, 0.15) is 27.0 Å². The molecule has 2 unspecified atom stereocenters. The number of hydrogen-bond donors (Lipinski definition) is 8. The molecule has 16 N–H and O–H groups in total. The number of carbonyl (C=O) groups is 1. The molecule has 2 aliphatic rings. The number of phenols is 1. The highest BCUT2D eigenvalue weighted by Crippen LogP contribution is 2.60. The van der Waals surface area contributed by atoms with Gasteiger partial charge in [0.2, 0.25) is 0 Å². The van der Waals surface area contributed by atoms with E-state index in [-0.39, 0.29) is 47.6 Å². The van der Waals surface area contributed by atoms with E-state index in [4.69, 9.17) is 23.8 Å². The number of ether oxygens (including phenoxy) is 2. The van der Waals surface area contributed by atoms with Gasteiger partial charge < -0.3 is 53.5 Å². The van der Waals surface area contributed by atoms with Crippen molar-refractivity contribution in [2.24, 2.45) is 0 Å². The smallest absolute Gasteiger partial charge is 0.508 e. The van der Waals surface area contributed by atoms with Crippen molar-refractivity contribution in [3.05, 3.63) is 82.9 Å². The van der Waals surface area contributed by atoms with Crippen molar-refractivity contribution in [1.29, 1.82) is 0 Å². The highest BCUT2D eigenvalue weighted by molar-refractivity contribution is 7.60. The lowest BCUT2D eigenvalue weighted by Crippen LogP contribution is -2.32. The Kier molecular flexibility index (Phi) is 9.06. The third-order valence-corrected chi connectivity index (χ3v) is 7.22. The average molecular weight is 560 g/mol. The summed E-state index contributed by atoms with van der Waals surface area (Å²) in [4.78, 5) is 40.0. The number of benzene rings is 3. The second kappa shape index (κ2) is 10.6. The first kappa shape index (κ1) is 31.7. The average Bonchev–Trinajstić information content (AvgIpc) is 2.99. The molecule has 3 aromatic carbocycles. The highest BCUT2D eigenvalue weighted by Gasteiger charge is 2.53. The molecule has 0 radical (unpaired) electrons. The van der Waals surface area contributed by atoms with Crippen LogP contribution in [0.4, 0.5) is 0 Å². The Bertz CT molecular complexity index is 1430. The van der Waals surface area contributed by atoms with E-state index in [0.717, 1.165) is 0 Å². The van der Waals surface area contributed by atoms with E-state index in [1.165, 1.54) is 30.3 Å². The normalized spacial score (nSPS) is 18.0. The van der Waals surface area contributed by atoms with Crippen LogP contribution in [0, 0.1) is 0 Å². The van der Waals surface area contributed by atoms with Gasteiger partial charge in [-0.15, -0.1) is 0 Å². The van der Waals surface area contributed by atoms with Gasteiger partial charge in [-0.25, -0.2) is 13.9 Å². The summed E-state index contributed by atoms with van der Waals surface area (Å²) in [5, 5.41) is 9.96. The number of phosphoric acid groups is 2. The molecule has 202 valence electrons. The molecule has 5 rings (SSSR count). The summed E-state index contributed by atoms with van der Waals surface area (Å²) in [6, 6.07) is 14.9. The van der Waals surface area contributed by atoms with E-state index in [2.05, 4.69) is 4.31 Å². The number of aromatic hydroxyl groups is 1. The molecule has 1 spiro atoms. The number of hydrogen-bond acceptors (Lipinski definition) is 12. The summed E-state index contributed by atoms with van der Waals surface area (Å²) < 4.78 is 43.2. The van der Waals surface area contributed by atoms with Gasteiger partial charge in [0.05, 0.1) is 5.56 Å². The summed E-state index contributed by atoms with van der Waals surface area (Å²) >= 11 is 0. The third-order valence-electron chi connectivity index (χ3n) is 5.10. The van der Waals surface area contributed by atoms with Gasteiger partial charge in [0.15, 0.2) is 5.60 Å². The van der Waals surface area contributed by atoms with E-state index >= 15 is 0 Å². The predicted molar refractivity (Wildman–Crippen MR) is 130 cm³/mol. The molecule has 0 fully saturated rings. The van der Waals surface area contributed by atoms with E-state index in [1.807, 2.05) is 0 Å². The molecular formula is C20H26N4O11P2. The Morgan fingerprint density at radius 2 is 1.38 bits per heavy atom. The first-order valence-electron chi connectivity index (χ1n) is 9.26. The Morgan fingerprint density at radius 1 is 0.784 bits per heavy atom. The molecule has 0 bridgehead atoms. The van der Waals surface area contributed by atoms with Crippen LogP contribution in [0.2, 0.25) is 0 Å². The van der Waals surface area contributed by atoms with Gasteiger partial charge in [-0.05, 0) is 30.3 Å². The standard InChI is InChI=1S/C20H14O11P2.4H3N/c21-11-5-7-15-17(9-11)28-18-10-12(30-33(26,27)31-32(23,24)25)6-8-16(18)20(15)14-4-2-1-3-13(14)19(22)29-20;;;;/h1-10,21H,(H,26,27)(H2,23,24,25);4*1H3. The van der Waals surface area contributed by atoms with Gasteiger partial charge in [0, 0.05) is 28.8 Å². The molecule has 0 saturated heterocycles. The van der Waals surface area contributed by atoms with Gasteiger partial charge in [-0.2, -0.15) is 4.31 Å². The molecule has 15 nitrogen and oxygen atoms in total. The van der Waals surface area contributed by atoms with Crippen LogP contribution in [0.15, 0.2) is 60.7 Å². The number of carbonyl (C=O) groups excluding carboxylic acids is 1. The first-order chi connectivity index (χ1) is 15.5. The summed E-state index contributed by atoms with van der Waals surface area (Å²) in [5.74, 6) is -0.807. The van der Waals surface area contributed by atoms with Crippen LogP contribution in [0.5, 0.6) is 23.0 Å². The predicted octanol–water partition coefficient (Wildman–Crippen LogP) is 4.20. The molecule has 2 heterocycles. The molecule has 17 heteroatoms. The lowest BCUT2D eigenvalue weighted by Gasteiger charge is -2.36. The number of fused-ring (bicyclic) bond motifs is 6. The van der Waals surface area contributed by atoms with Crippen molar-refractivity contribution in [3.63, 3.8) is 0 Å². The summed E-state index contributed by atoms with van der Waals surface area (Å²) in [6.07, 6.45) is 0. The maximum Gasteiger partial charge on any atom is 0.536 e. The van der Waals surface area contributed by atoms with Crippen LogP contribution >= 0.6 is 15.6 Å². The molecule has 0 saturated carbocycles. The topological polar surface area (TPSA) is 309 Å². The second-order valence-corrected chi connectivity index (χ2v) is 9.94. The fourth-order valence-electron chi connectivity index (χ4n) is 3.99. The number of esters is 1. The largest absolute Gasteiger partial charge is 0.536 e. The lowest BCUT2D eigenvalue weighted by molar-refractivity contribution is 0.0224. The van der Waals surface area contributed by atoms with Crippen LogP contribution in [0.25, 0.3) is 0 Å². The van der Waals surface area contributed by atoms with Crippen LogP contribution in [-0.4, -0.2) is 25.8 Å². The highest BCUT2D eigenvalue weighted by atomic mass is 31.3. The van der Waals surface area contributed by atoms with E-state index < -0.39 is 27.2 Å². The molecule has 3 aromatic rings. The van der Waals surface area contributed by atoms with Crippen molar-refractivity contribution in [2.45, 2.75) is 5.60 Å². The van der Waals surface area contributed by atoms with Gasteiger partial charge in [-0.3, -0.25) is 4.89 Å². The monoisotopic (exact) mass is 560 g/mol. The minimum absolute atomic E-state index is 0. The molecule has 2 atom stereocenters. The zero-order chi connectivity index (χ0) is 23.6. The molecule has 37 heavy (non-hydrogen) atoms. The fraction of sp³-hybridized carbons (Fsp3) is 0.0500. The minimum Gasteiger partial charge on any atom is -0.508 e. The molecule has 0 aliphatic carbocycles. The van der Waals surface area contributed by atoms with Gasteiger partial charge in [-0.1, -0.05) is 18.2 Å². The minimum atomic E-state index is -5.32. The fourth-order valence-corrected chi connectivity index (χ4v) is 5.57. The SMILES string of the molecule is N.N.N.N.O=C1OC2(c3ccc(O)cc3Oc3cc(OP(=O)(O)OP(=O)(O)O)ccc32)c2ccccc21. The first-order valence-corrected chi connectivity index (χ1v) is 12.3. The Morgan fingerprint density at radius 3 is 2.03 bits per heavy atom. The van der Waals surface area contributed by atoms with Gasteiger partial charge in [0.25, 0.3) is 0 Å². The van der Waals surface area contributed by atoms with E-state index in [1.54, 1.807) is 30.3 Å². The lowest BCUT2D eigenvalue weighted by atomic mass is 9.77. The maximum atomic E-state index is 12.7. The third kappa shape index (κ3) is 5.37.